The third kappa shape index (κ3) is 4.17. The number of rotatable bonds is 5. The van der Waals surface area contributed by atoms with E-state index in [1.165, 1.54) is 6.42 Å². The molecule has 0 saturated carbocycles. The van der Waals surface area contributed by atoms with Crippen molar-refractivity contribution in [3.63, 3.8) is 0 Å². The van der Waals surface area contributed by atoms with Crippen molar-refractivity contribution in [3.8, 4) is 0 Å². The Kier molecular flexibility index (Phi) is 5.67. The number of Topliss-reactive ketones (excluding diaryl/α,β-unsaturated/α-hetero) is 1. The Labute approximate surface area is 103 Å². The molecule has 0 amide bonds. The lowest BCUT2D eigenvalue weighted by molar-refractivity contribution is -0.140. The minimum absolute atomic E-state index is 0.144. The van der Waals surface area contributed by atoms with Crippen LogP contribution in [0.1, 0.15) is 46.0 Å². The van der Waals surface area contributed by atoms with Crippen LogP contribution < -0.4 is 0 Å². The fourth-order valence-corrected chi connectivity index (χ4v) is 1.83. The van der Waals surface area contributed by atoms with Crippen LogP contribution in [0.25, 0.3) is 0 Å². The lowest BCUT2D eigenvalue weighted by Gasteiger charge is -2.11. The van der Waals surface area contributed by atoms with Crippen molar-refractivity contribution < 1.29 is 14.3 Å². The van der Waals surface area contributed by atoms with Crippen LogP contribution in [0.4, 0.5) is 0 Å². The van der Waals surface area contributed by atoms with E-state index in [1.54, 1.807) is 19.9 Å². The Morgan fingerprint density at radius 3 is 2.65 bits per heavy atom. The minimum Gasteiger partial charge on any atom is -0.462 e. The van der Waals surface area contributed by atoms with Crippen molar-refractivity contribution in [3.05, 3.63) is 23.3 Å². The average molecular weight is 236 g/mol. The fraction of sp³-hybridized carbons (Fsp3) is 0.571. The van der Waals surface area contributed by atoms with Gasteiger partial charge in [0.25, 0.3) is 0 Å². The van der Waals surface area contributed by atoms with Gasteiger partial charge in [0, 0.05) is 6.42 Å². The number of allylic oxidation sites excluding steroid dienone is 3. The van der Waals surface area contributed by atoms with Crippen molar-refractivity contribution in [2.24, 2.45) is 0 Å². The predicted octanol–water partition coefficient (Wildman–Crippen LogP) is 2.96. The van der Waals surface area contributed by atoms with E-state index in [2.05, 4.69) is 6.08 Å². The first-order valence-electron chi connectivity index (χ1n) is 6.30. The molecule has 3 heteroatoms. The summed E-state index contributed by atoms with van der Waals surface area (Å²) in [5, 5.41) is 0. The Hall–Kier alpha value is -1.38. The first kappa shape index (κ1) is 13.7. The zero-order valence-electron chi connectivity index (χ0n) is 10.6. The van der Waals surface area contributed by atoms with Crippen molar-refractivity contribution in [1.29, 1.82) is 0 Å². The van der Waals surface area contributed by atoms with Gasteiger partial charge in [0.15, 0.2) is 5.78 Å². The summed E-state index contributed by atoms with van der Waals surface area (Å²) in [7, 11) is 0. The molecule has 0 heterocycles. The number of hydrogen-bond donors (Lipinski definition) is 0. The van der Waals surface area contributed by atoms with Crippen LogP contribution >= 0.6 is 0 Å². The molecule has 1 aliphatic rings. The highest BCUT2D eigenvalue weighted by atomic mass is 16.5. The summed E-state index contributed by atoms with van der Waals surface area (Å²) in [6, 6.07) is 0. The maximum Gasteiger partial charge on any atom is 0.341 e. The van der Waals surface area contributed by atoms with E-state index in [1.807, 2.05) is 0 Å². The van der Waals surface area contributed by atoms with Crippen LogP contribution in [-0.4, -0.2) is 18.4 Å². The second-order valence-electron chi connectivity index (χ2n) is 4.08. The molecule has 0 unspecified atom stereocenters. The van der Waals surface area contributed by atoms with Crippen LogP contribution in [0, 0.1) is 0 Å². The summed E-state index contributed by atoms with van der Waals surface area (Å²) in [5.41, 5.74) is 1.28. The van der Waals surface area contributed by atoms with Crippen molar-refractivity contribution in [2.45, 2.75) is 46.0 Å². The standard InChI is InChI=1S/C14H20O3/c1-3-13(15)12(14(16)17-4-2)10-11-8-6-5-7-9-11/h8,10H,3-7,9H2,1-2H3. The zero-order chi connectivity index (χ0) is 12.7. The maximum atomic E-state index is 11.7. The smallest absolute Gasteiger partial charge is 0.341 e. The Morgan fingerprint density at radius 1 is 1.35 bits per heavy atom. The van der Waals surface area contributed by atoms with Crippen LogP contribution in [0.5, 0.6) is 0 Å². The third-order valence-electron chi connectivity index (χ3n) is 2.77. The van der Waals surface area contributed by atoms with Gasteiger partial charge in [0.05, 0.1) is 6.61 Å². The third-order valence-corrected chi connectivity index (χ3v) is 2.77. The van der Waals surface area contributed by atoms with Crippen LogP contribution in [-0.2, 0) is 14.3 Å². The number of esters is 1. The molecular formula is C14H20O3. The monoisotopic (exact) mass is 236 g/mol. The molecule has 0 aliphatic heterocycles. The SMILES string of the molecule is CCOC(=O)C(=CC1=CCCCC1)C(=O)CC. The highest BCUT2D eigenvalue weighted by Crippen LogP contribution is 2.20. The topological polar surface area (TPSA) is 43.4 Å². The molecule has 3 nitrogen and oxygen atoms in total. The van der Waals surface area contributed by atoms with Gasteiger partial charge in [-0.05, 0) is 38.7 Å². The van der Waals surface area contributed by atoms with Gasteiger partial charge in [-0.2, -0.15) is 0 Å². The van der Waals surface area contributed by atoms with Gasteiger partial charge in [0.1, 0.15) is 5.57 Å². The van der Waals surface area contributed by atoms with Crippen LogP contribution in [0.15, 0.2) is 23.3 Å². The molecule has 0 aromatic rings. The number of carbonyl (C=O) groups excluding carboxylic acids is 2. The summed E-state index contributed by atoms with van der Waals surface area (Å²) in [4.78, 5) is 23.4. The van der Waals surface area contributed by atoms with Gasteiger partial charge in [-0.25, -0.2) is 4.79 Å². The van der Waals surface area contributed by atoms with E-state index in [9.17, 15) is 9.59 Å². The van der Waals surface area contributed by atoms with Crippen LogP contribution in [0.2, 0.25) is 0 Å². The summed E-state index contributed by atoms with van der Waals surface area (Å²) >= 11 is 0. The Balaban J connectivity index is 2.88. The molecule has 0 aromatic heterocycles. The lowest BCUT2D eigenvalue weighted by Crippen LogP contribution is -2.15. The molecule has 0 bridgehead atoms. The molecule has 94 valence electrons. The molecule has 1 aliphatic carbocycles. The molecule has 0 radical (unpaired) electrons. The van der Waals surface area contributed by atoms with E-state index in [4.69, 9.17) is 4.74 Å². The van der Waals surface area contributed by atoms with Crippen molar-refractivity contribution in [2.75, 3.05) is 6.61 Å². The Morgan fingerprint density at radius 2 is 2.12 bits per heavy atom. The van der Waals surface area contributed by atoms with Crippen molar-refractivity contribution in [1.82, 2.24) is 0 Å². The molecule has 0 saturated heterocycles. The van der Waals surface area contributed by atoms with E-state index >= 15 is 0 Å². The second kappa shape index (κ2) is 7.05. The summed E-state index contributed by atoms with van der Waals surface area (Å²) < 4.78 is 4.91. The van der Waals surface area contributed by atoms with Gasteiger partial charge >= 0.3 is 5.97 Å². The molecule has 17 heavy (non-hydrogen) atoms. The maximum absolute atomic E-state index is 11.7. The second-order valence-corrected chi connectivity index (χ2v) is 4.08. The normalized spacial score (nSPS) is 16.4. The number of carbonyl (C=O) groups is 2. The van der Waals surface area contributed by atoms with Gasteiger partial charge in [0.2, 0.25) is 0 Å². The first-order valence-corrected chi connectivity index (χ1v) is 6.30. The number of ketones is 1. The largest absolute Gasteiger partial charge is 0.462 e. The van der Waals surface area contributed by atoms with E-state index in [0.29, 0.717) is 13.0 Å². The molecule has 0 aromatic carbocycles. The minimum atomic E-state index is -0.495. The highest BCUT2D eigenvalue weighted by Gasteiger charge is 2.18. The first-order chi connectivity index (χ1) is 8.19. The fourth-order valence-electron chi connectivity index (χ4n) is 1.83. The number of ether oxygens (including phenoxy) is 1. The highest BCUT2D eigenvalue weighted by molar-refractivity contribution is 6.17. The van der Waals surface area contributed by atoms with Gasteiger partial charge in [-0.3, -0.25) is 4.79 Å². The molecule has 0 N–H and O–H groups in total. The lowest BCUT2D eigenvalue weighted by atomic mass is 9.96. The van der Waals surface area contributed by atoms with Gasteiger partial charge < -0.3 is 4.74 Å². The molecule has 0 atom stereocenters. The van der Waals surface area contributed by atoms with Gasteiger partial charge in [-0.1, -0.05) is 18.6 Å². The van der Waals surface area contributed by atoms with E-state index in [0.717, 1.165) is 24.8 Å². The van der Waals surface area contributed by atoms with E-state index < -0.39 is 5.97 Å². The van der Waals surface area contributed by atoms with E-state index in [-0.39, 0.29) is 11.4 Å². The molecule has 0 fully saturated rings. The average Bonchev–Trinajstić information content (AvgIpc) is 2.36. The molecular weight excluding hydrogens is 216 g/mol. The Bertz CT molecular complexity index is 350. The quantitative estimate of drug-likeness (QED) is 0.319. The van der Waals surface area contributed by atoms with Gasteiger partial charge in [-0.15, -0.1) is 0 Å². The van der Waals surface area contributed by atoms with Crippen molar-refractivity contribution >= 4 is 11.8 Å². The predicted molar refractivity (Wildman–Crippen MR) is 66.6 cm³/mol. The molecule has 0 spiro atoms. The molecule has 1 rings (SSSR count). The summed E-state index contributed by atoms with van der Waals surface area (Å²) in [6.45, 7) is 3.79. The summed E-state index contributed by atoms with van der Waals surface area (Å²) in [6.07, 6.45) is 8.43. The zero-order valence-corrected chi connectivity index (χ0v) is 10.6. The van der Waals surface area contributed by atoms with Crippen LogP contribution in [0.3, 0.4) is 0 Å². The number of hydrogen-bond acceptors (Lipinski definition) is 3. The summed E-state index contributed by atoms with van der Waals surface area (Å²) in [5.74, 6) is -0.638.